The number of hydrogen-bond acceptors (Lipinski definition) is 5. The van der Waals surface area contributed by atoms with Crippen LogP contribution in [0.4, 0.5) is 13.2 Å². The topological polar surface area (TPSA) is 128 Å². The number of carbonyl (C=O) groups excluding carboxylic acids is 2. The van der Waals surface area contributed by atoms with Gasteiger partial charge in [-0.2, -0.15) is 18.3 Å². The number of amides is 2. The van der Waals surface area contributed by atoms with Crippen molar-refractivity contribution in [3.8, 4) is 23.6 Å². The third-order valence-electron chi connectivity index (χ3n) is 5.89. The molecule has 0 spiro atoms. The van der Waals surface area contributed by atoms with E-state index in [2.05, 4.69) is 42.0 Å². The van der Waals surface area contributed by atoms with Gasteiger partial charge in [0.05, 0.1) is 40.2 Å². The third kappa shape index (κ3) is 6.12. The highest BCUT2D eigenvalue weighted by Gasteiger charge is 2.39. The van der Waals surface area contributed by atoms with Gasteiger partial charge in [0.2, 0.25) is 0 Å². The number of carbonyl (C=O) groups is 2. The fourth-order valence-electron chi connectivity index (χ4n) is 4.01. The summed E-state index contributed by atoms with van der Waals surface area (Å²) in [6.45, 7) is 2.40. The van der Waals surface area contributed by atoms with Crippen LogP contribution in [-0.4, -0.2) is 51.6 Å². The number of halogens is 4. The van der Waals surface area contributed by atoms with E-state index in [1.807, 2.05) is 0 Å². The number of rotatable bonds is 8. The average Bonchev–Trinajstić information content (AvgIpc) is 3.61. The molecule has 0 aliphatic carbocycles. The van der Waals surface area contributed by atoms with Gasteiger partial charge in [0.25, 0.3) is 11.8 Å². The van der Waals surface area contributed by atoms with Gasteiger partial charge in [-0.3, -0.25) is 14.7 Å². The molecule has 1 fully saturated rings. The van der Waals surface area contributed by atoms with E-state index in [-0.39, 0.29) is 46.7 Å². The first-order valence-electron chi connectivity index (χ1n) is 11.4. The Balaban J connectivity index is 1.40. The van der Waals surface area contributed by atoms with Gasteiger partial charge in [0.15, 0.2) is 11.5 Å². The first-order valence-corrected chi connectivity index (χ1v) is 11.7. The number of imidazole rings is 1. The van der Waals surface area contributed by atoms with Crippen LogP contribution in [0.2, 0.25) is 5.02 Å². The van der Waals surface area contributed by atoms with Crippen LogP contribution in [0, 0.1) is 18.3 Å². The molecule has 9 nitrogen and oxygen atoms in total. The molecule has 0 radical (unpaired) electrons. The summed E-state index contributed by atoms with van der Waals surface area (Å²) in [5.41, 5.74) is -0.491. The molecular formula is C24H23ClF3N7O2. The summed E-state index contributed by atoms with van der Waals surface area (Å²) in [7, 11) is 0. The molecule has 194 valence electrons. The number of benzene rings is 1. The maximum atomic E-state index is 13.4. The van der Waals surface area contributed by atoms with Gasteiger partial charge >= 0.3 is 6.18 Å². The maximum absolute atomic E-state index is 13.4. The van der Waals surface area contributed by atoms with Crippen molar-refractivity contribution in [1.29, 1.82) is 0 Å². The summed E-state index contributed by atoms with van der Waals surface area (Å²) in [5, 5.41) is 14.6. The molecule has 3 aromatic rings. The lowest BCUT2D eigenvalue weighted by Crippen LogP contribution is -2.30. The number of alkyl halides is 3. The van der Waals surface area contributed by atoms with E-state index in [4.69, 9.17) is 18.0 Å². The zero-order chi connectivity index (χ0) is 26.6. The Bertz CT molecular complexity index is 1340. The van der Waals surface area contributed by atoms with Gasteiger partial charge in [0.1, 0.15) is 0 Å². The molecule has 2 amide bonds. The lowest BCUT2D eigenvalue weighted by atomic mass is 10.1. The minimum absolute atomic E-state index is 0.0477. The van der Waals surface area contributed by atoms with Crippen LogP contribution in [0.5, 0.6) is 0 Å². The number of nitrogens with zero attached hydrogens (tertiary/aromatic N) is 2. The van der Waals surface area contributed by atoms with Crippen molar-refractivity contribution >= 4 is 23.4 Å². The van der Waals surface area contributed by atoms with Gasteiger partial charge in [-0.25, -0.2) is 4.98 Å². The fraction of sp³-hybridized carbons (Fsp3) is 0.333. The minimum atomic E-state index is -4.73. The Morgan fingerprint density at radius 3 is 2.73 bits per heavy atom. The van der Waals surface area contributed by atoms with Gasteiger partial charge in [0, 0.05) is 13.1 Å². The van der Waals surface area contributed by atoms with E-state index < -0.39 is 17.8 Å². The van der Waals surface area contributed by atoms with E-state index in [1.165, 1.54) is 0 Å². The number of hydrogen-bond donors (Lipinski definition) is 5. The molecule has 4 rings (SSSR count). The summed E-state index contributed by atoms with van der Waals surface area (Å²) in [4.78, 5) is 31.5. The van der Waals surface area contributed by atoms with Crippen LogP contribution < -0.4 is 16.0 Å². The van der Waals surface area contributed by atoms with Crippen LogP contribution in [0.15, 0.2) is 24.4 Å². The summed E-state index contributed by atoms with van der Waals surface area (Å²) in [6.07, 6.45) is 2.51. The quantitative estimate of drug-likeness (QED) is 0.285. The highest BCUT2D eigenvalue weighted by molar-refractivity contribution is 6.33. The van der Waals surface area contributed by atoms with Crippen molar-refractivity contribution in [3.63, 3.8) is 0 Å². The van der Waals surface area contributed by atoms with Crippen molar-refractivity contribution in [2.75, 3.05) is 19.6 Å². The van der Waals surface area contributed by atoms with Gasteiger partial charge < -0.3 is 20.9 Å². The molecule has 2 aromatic heterocycles. The Morgan fingerprint density at radius 2 is 2.05 bits per heavy atom. The molecule has 1 atom stereocenters. The highest BCUT2D eigenvalue weighted by Crippen LogP contribution is 2.37. The predicted octanol–water partition coefficient (Wildman–Crippen LogP) is 2.92. The summed E-state index contributed by atoms with van der Waals surface area (Å²) in [6, 6.07) is 4.79. The number of aromatic nitrogens is 4. The molecule has 1 aliphatic heterocycles. The van der Waals surface area contributed by atoms with Crippen molar-refractivity contribution in [2.24, 2.45) is 5.92 Å². The van der Waals surface area contributed by atoms with Crippen LogP contribution >= 0.6 is 11.6 Å². The van der Waals surface area contributed by atoms with E-state index in [9.17, 15) is 22.8 Å². The fourth-order valence-corrected chi connectivity index (χ4v) is 4.30. The van der Waals surface area contributed by atoms with Crippen molar-refractivity contribution < 1.29 is 22.8 Å². The Hall–Kier alpha value is -3.82. The number of aromatic amines is 2. The highest BCUT2D eigenvalue weighted by atomic mass is 35.5. The van der Waals surface area contributed by atoms with Gasteiger partial charge in [-0.05, 0) is 43.1 Å². The largest absolute Gasteiger partial charge is 0.435 e. The van der Waals surface area contributed by atoms with Crippen molar-refractivity contribution in [3.05, 3.63) is 57.8 Å². The zero-order valence-corrected chi connectivity index (χ0v) is 20.2. The molecule has 13 heteroatoms. The SMILES string of the molecule is C#CCc1[nH]nc(C(F)(F)F)c1-c1cnc(C(=O)NCc2ccc(C(=O)NC[C@H]3CCNC3)c(Cl)c2)[nH]1. The van der Waals surface area contributed by atoms with Crippen LogP contribution in [0.3, 0.4) is 0 Å². The second kappa shape index (κ2) is 11.1. The maximum Gasteiger partial charge on any atom is 0.435 e. The van der Waals surface area contributed by atoms with E-state index >= 15 is 0 Å². The van der Waals surface area contributed by atoms with Gasteiger partial charge in [-0.1, -0.05) is 17.7 Å². The van der Waals surface area contributed by atoms with Crippen molar-refractivity contribution in [1.82, 2.24) is 36.1 Å². The second-order valence-electron chi connectivity index (χ2n) is 8.52. The molecule has 0 unspecified atom stereocenters. The molecule has 1 aliphatic rings. The first kappa shape index (κ1) is 26.2. The van der Waals surface area contributed by atoms with Crippen LogP contribution in [-0.2, 0) is 19.1 Å². The summed E-state index contributed by atoms with van der Waals surface area (Å²) < 4.78 is 40.2. The summed E-state index contributed by atoms with van der Waals surface area (Å²) in [5.74, 6) is 1.53. The lowest BCUT2D eigenvalue weighted by Gasteiger charge is -2.12. The van der Waals surface area contributed by atoms with Gasteiger partial charge in [-0.15, -0.1) is 12.3 Å². The molecule has 37 heavy (non-hydrogen) atoms. The molecule has 5 N–H and O–H groups in total. The van der Waals surface area contributed by atoms with E-state index in [0.717, 1.165) is 25.7 Å². The van der Waals surface area contributed by atoms with E-state index in [0.29, 0.717) is 23.6 Å². The minimum Gasteiger partial charge on any atom is -0.352 e. The Kier molecular flexibility index (Phi) is 7.85. The number of nitrogens with one attached hydrogen (secondary N) is 5. The van der Waals surface area contributed by atoms with E-state index in [1.54, 1.807) is 18.2 Å². The zero-order valence-electron chi connectivity index (χ0n) is 19.4. The number of terminal acetylenes is 1. The lowest BCUT2D eigenvalue weighted by molar-refractivity contribution is -0.140. The molecule has 0 saturated carbocycles. The Labute approximate surface area is 215 Å². The van der Waals surface area contributed by atoms with Crippen molar-refractivity contribution in [2.45, 2.75) is 25.6 Å². The molecule has 0 bridgehead atoms. The average molecular weight is 534 g/mol. The summed E-state index contributed by atoms with van der Waals surface area (Å²) >= 11 is 6.29. The second-order valence-corrected chi connectivity index (χ2v) is 8.92. The standard InChI is InChI=1S/C24H23ClF3N7O2/c1-2-3-17-19(20(35-34-17)24(26,27)28)18-12-30-21(33-18)23(37)32-10-13-4-5-15(16(25)8-13)22(36)31-11-14-6-7-29-9-14/h1,4-5,8,12,14,29H,3,6-7,9-11H2,(H,30,33)(H,31,36)(H,32,37)(H,34,35)/t14-/m0/s1. The Morgan fingerprint density at radius 1 is 1.24 bits per heavy atom. The normalized spacial score (nSPS) is 15.4. The molecular weight excluding hydrogens is 511 g/mol. The smallest absolute Gasteiger partial charge is 0.352 e. The predicted molar refractivity (Wildman–Crippen MR) is 130 cm³/mol. The number of H-pyrrole nitrogens is 2. The third-order valence-corrected chi connectivity index (χ3v) is 6.21. The van der Waals surface area contributed by atoms with Crippen LogP contribution in [0.1, 0.15) is 44.3 Å². The van der Waals surface area contributed by atoms with Crippen LogP contribution in [0.25, 0.3) is 11.3 Å². The molecule has 3 heterocycles. The monoisotopic (exact) mass is 533 g/mol. The first-order chi connectivity index (χ1) is 17.7. The molecule has 1 saturated heterocycles. The molecule has 1 aromatic carbocycles.